The number of aryl methyl sites for hydroxylation is 1. The number of rotatable bonds is 10. The number of amides is 2. The number of pyridine rings is 1. The Morgan fingerprint density at radius 3 is 2.57 bits per heavy atom. The van der Waals surface area contributed by atoms with E-state index in [1.54, 1.807) is 25.3 Å². The molecule has 0 aliphatic carbocycles. The lowest BCUT2D eigenvalue weighted by Crippen LogP contribution is -2.38. The molecule has 47 heavy (non-hydrogen) atoms. The van der Waals surface area contributed by atoms with Crippen molar-refractivity contribution in [2.24, 2.45) is 4.99 Å². The highest BCUT2D eigenvalue weighted by atomic mass is 35.5. The summed E-state index contributed by atoms with van der Waals surface area (Å²) in [6.07, 6.45) is 1.90. The summed E-state index contributed by atoms with van der Waals surface area (Å²) in [5.74, 6) is 1.09. The monoisotopic (exact) mass is 651 g/mol. The standard InChI is InChI=1S/C33H31BClN7O5/c1-19-40-41-33-28(39-32(21-5-7-24(35)8-6-21)26-15-25(47-2)9-10-29(26)42(19)33)16-30(43)38-18-31(44)36-12-11-20-3-4-22-14-23(34(45)46)17-37-27(22)13-20/h3-10,13-15,17,28,45-46H,11-12,16,18H2,1-2H3,(H,36,44)(H,38,43). The third kappa shape index (κ3) is 7.02. The number of hydrogen-bond donors (Lipinski definition) is 4. The maximum Gasteiger partial charge on any atom is 0.490 e. The second kappa shape index (κ2) is 13.7. The Morgan fingerprint density at radius 1 is 1.00 bits per heavy atom. The summed E-state index contributed by atoms with van der Waals surface area (Å²) in [7, 11) is 0.0132. The van der Waals surface area contributed by atoms with E-state index in [2.05, 4.69) is 25.8 Å². The van der Waals surface area contributed by atoms with Crippen molar-refractivity contribution in [2.45, 2.75) is 25.8 Å². The van der Waals surface area contributed by atoms with Gasteiger partial charge in [-0.2, -0.15) is 0 Å². The topological polar surface area (TPSA) is 164 Å². The predicted octanol–water partition coefficient (Wildman–Crippen LogP) is 2.22. The van der Waals surface area contributed by atoms with Gasteiger partial charge in [0.15, 0.2) is 5.82 Å². The molecular weight excluding hydrogens is 621 g/mol. The smallest absolute Gasteiger partial charge is 0.490 e. The molecular formula is C33H31BClN7O5. The Hall–Kier alpha value is -5.11. The molecule has 0 fully saturated rings. The van der Waals surface area contributed by atoms with E-state index in [1.807, 2.05) is 60.0 Å². The van der Waals surface area contributed by atoms with E-state index in [0.29, 0.717) is 52.1 Å². The van der Waals surface area contributed by atoms with Gasteiger partial charge in [0.2, 0.25) is 11.8 Å². The van der Waals surface area contributed by atoms with Gasteiger partial charge in [-0.15, -0.1) is 10.2 Å². The summed E-state index contributed by atoms with van der Waals surface area (Å²) in [5, 5.41) is 34.3. The molecule has 1 aliphatic heterocycles. The van der Waals surface area contributed by atoms with Crippen LogP contribution in [0.3, 0.4) is 0 Å². The van der Waals surface area contributed by atoms with Crippen LogP contribution in [0.4, 0.5) is 0 Å². The average Bonchev–Trinajstić information content (AvgIpc) is 3.40. The fourth-order valence-corrected chi connectivity index (χ4v) is 5.62. The molecule has 0 bridgehead atoms. The van der Waals surface area contributed by atoms with Gasteiger partial charge in [-0.25, -0.2) is 0 Å². The van der Waals surface area contributed by atoms with Gasteiger partial charge in [-0.1, -0.05) is 41.9 Å². The van der Waals surface area contributed by atoms with E-state index in [0.717, 1.165) is 27.8 Å². The van der Waals surface area contributed by atoms with Crippen molar-refractivity contribution in [1.29, 1.82) is 0 Å². The number of nitrogens with zero attached hydrogens (tertiary/aromatic N) is 5. The maximum atomic E-state index is 13.2. The molecule has 0 spiro atoms. The van der Waals surface area contributed by atoms with Crippen LogP contribution in [0.25, 0.3) is 16.6 Å². The number of aromatic nitrogens is 4. The number of carbonyl (C=O) groups is 2. The van der Waals surface area contributed by atoms with Gasteiger partial charge in [-0.3, -0.25) is 24.1 Å². The molecule has 0 saturated carbocycles. The van der Waals surface area contributed by atoms with Gasteiger partial charge in [0, 0.05) is 34.4 Å². The van der Waals surface area contributed by atoms with Gasteiger partial charge in [-0.05, 0) is 60.7 Å². The van der Waals surface area contributed by atoms with Crippen molar-refractivity contribution in [3.05, 3.63) is 106 Å². The highest BCUT2D eigenvalue weighted by molar-refractivity contribution is 6.58. The normalized spacial score (nSPS) is 13.6. The number of nitrogens with one attached hydrogen (secondary N) is 2. The van der Waals surface area contributed by atoms with Gasteiger partial charge in [0.25, 0.3) is 0 Å². The number of halogens is 1. The molecule has 6 rings (SSSR count). The third-order valence-electron chi connectivity index (χ3n) is 7.88. The van der Waals surface area contributed by atoms with Crippen LogP contribution in [-0.4, -0.2) is 74.6 Å². The Kier molecular flexibility index (Phi) is 9.30. The fourth-order valence-electron chi connectivity index (χ4n) is 5.49. The molecule has 3 heterocycles. The quantitative estimate of drug-likeness (QED) is 0.167. The number of benzene rings is 3. The van der Waals surface area contributed by atoms with Gasteiger partial charge in [0.05, 0.1) is 37.0 Å². The Morgan fingerprint density at radius 2 is 1.81 bits per heavy atom. The molecule has 0 radical (unpaired) electrons. The van der Waals surface area contributed by atoms with Gasteiger partial charge < -0.3 is 25.4 Å². The summed E-state index contributed by atoms with van der Waals surface area (Å²) < 4.78 is 7.41. The minimum atomic E-state index is -1.58. The number of hydrogen-bond acceptors (Lipinski definition) is 9. The average molecular weight is 652 g/mol. The van der Waals surface area contributed by atoms with Crippen LogP contribution in [0.15, 0.2) is 77.9 Å². The largest absolute Gasteiger partial charge is 0.497 e. The van der Waals surface area contributed by atoms with E-state index in [4.69, 9.17) is 21.3 Å². The number of methoxy groups -OCH3 is 1. The summed E-state index contributed by atoms with van der Waals surface area (Å²) in [4.78, 5) is 35.1. The van der Waals surface area contributed by atoms with Crippen LogP contribution in [0.5, 0.6) is 5.75 Å². The second-order valence-electron chi connectivity index (χ2n) is 11.1. The van der Waals surface area contributed by atoms with Crippen molar-refractivity contribution in [3.8, 4) is 11.4 Å². The van der Waals surface area contributed by atoms with E-state index in [-0.39, 0.29) is 24.8 Å². The lowest BCUT2D eigenvalue weighted by Gasteiger charge is -2.14. The van der Waals surface area contributed by atoms with Crippen molar-refractivity contribution in [3.63, 3.8) is 0 Å². The zero-order valence-corrected chi connectivity index (χ0v) is 26.4. The molecule has 5 aromatic rings. The minimum Gasteiger partial charge on any atom is -0.497 e. The number of carbonyl (C=O) groups excluding carboxylic acids is 2. The molecule has 2 amide bonds. The number of aliphatic imine (C=N–C) groups is 1. The van der Waals surface area contributed by atoms with Gasteiger partial charge in [0.1, 0.15) is 17.6 Å². The summed E-state index contributed by atoms with van der Waals surface area (Å²) in [5.41, 5.74) is 5.01. The lowest BCUT2D eigenvalue weighted by atomic mass is 9.81. The molecule has 1 atom stereocenters. The van der Waals surface area contributed by atoms with Crippen LogP contribution in [0, 0.1) is 6.92 Å². The maximum absolute atomic E-state index is 13.2. The zero-order chi connectivity index (χ0) is 33.1. The highest BCUT2D eigenvalue weighted by Gasteiger charge is 2.30. The van der Waals surface area contributed by atoms with Crippen molar-refractivity contribution >= 4 is 52.6 Å². The molecule has 3 aromatic carbocycles. The first-order valence-electron chi connectivity index (χ1n) is 14.9. The van der Waals surface area contributed by atoms with E-state index >= 15 is 0 Å². The molecule has 1 aliphatic rings. The number of ether oxygens (including phenoxy) is 1. The first kappa shape index (κ1) is 31.9. The number of fused-ring (bicyclic) bond motifs is 4. The first-order chi connectivity index (χ1) is 22.7. The van der Waals surface area contributed by atoms with Crippen LogP contribution < -0.4 is 20.8 Å². The SMILES string of the molecule is COc1ccc2c(c1)C(c1ccc(Cl)cc1)=NC(CC(=O)NCC(=O)NCCc1ccc3cc(B(O)O)cnc3c1)c1nnc(C)n1-2. The molecule has 12 nitrogen and oxygen atoms in total. The van der Waals surface area contributed by atoms with Crippen molar-refractivity contribution in [1.82, 2.24) is 30.4 Å². The highest BCUT2D eigenvalue weighted by Crippen LogP contribution is 2.34. The van der Waals surface area contributed by atoms with Crippen molar-refractivity contribution in [2.75, 3.05) is 20.2 Å². The van der Waals surface area contributed by atoms with E-state index in [9.17, 15) is 19.6 Å². The van der Waals surface area contributed by atoms with Crippen LogP contribution >= 0.6 is 11.6 Å². The summed E-state index contributed by atoms with van der Waals surface area (Å²) >= 11 is 6.18. The van der Waals surface area contributed by atoms with E-state index in [1.165, 1.54) is 6.20 Å². The summed E-state index contributed by atoms with van der Waals surface area (Å²) in [6.45, 7) is 2.00. The van der Waals surface area contributed by atoms with Crippen LogP contribution in [-0.2, 0) is 16.0 Å². The Bertz CT molecular complexity index is 2000. The molecule has 14 heteroatoms. The fraction of sp³-hybridized carbons (Fsp3) is 0.212. The lowest BCUT2D eigenvalue weighted by molar-refractivity contribution is -0.126. The van der Waals surface area contributed by atoms with Crippen LogP contribution in [0.2, 0.25) is 5.02 Å². The first-order valence-corrected chi connectivity index (χ1v) is 15.3. The molecule has 4 N–H and O–H groups in total. The Balaban J connectivity index is 1.13. The minimum absolute atomic E-state index is 0.0628. The second-order valence-corrected chi connectivity index (χ2v) is 11.5. The van der Waals surface area contributed by atoms with Crippen molar-refractivity contribution < 1.29 is 24.4 Å². The molecule has 0 saturated heterocycles. The van der Waals surface area contributed by atoms with Crippen LogP contribution in [0.1, 0.15) is 40.8 Å². The third-order valence-corrected chi connectivity index (χ3v) is 8.13. The predicted molar refractivity (Wildman–Crippen MR) is 178 cm³/mol. The Labute approximate surface area is 275 Å². The van der Waals surface area contributed by atoms with Gasteiger partial charge >= 0.3 is 7.12 Å². The summed E-state index contributed by atoms with van der Waals surface area (Å²) in [6, 6.07) is 19.6. The molecule has 1 unspecified atom stereocenters. The molecule has 238 valence electrons. The zero-order valence-electron chi connectivity index (χ0n) is 25.6. The van der Waals surface area contributed by atoms with E-state index < -0.39 is 13.2 Å². The molecule has 2 aromatic heterocycles.